The maximum Gasteiger partial charge on any atom is 0.322 e. The Hall–Kier alpha value is -1.43. The van der Waals surface area contributed by atoms with E-state index < -0.39 is 0 Å². The zero-order chi connectivity index (χ0) is 13.5. The first kappa shape index (κ1) is 14.6. The Kier molecular flexibility index (Phi) is 5.77. The van der Waals surface area contributed by atoms with Gasteiger partial charge in [-0.15, -0.1) is 0 Å². The molecule has 0 radical (unpaired) electrons. The second-order valence-corrected chi connectivity index (χ2v) is 4.25. The fourth-order valence-electron chi connectivity index (χ4n) is 1.79. The largest absolute Gasteiger partial charge is 0.468 e. The Morgan fingerprint density at radius 2 is 2.22 bits per heavy atom. The number of hydrogen-bond donors (Lipinski definition) is 1. The van der Waals surface area contributed by atoms with Gasteiger partial charge in [-0.2, -0.15) is 5.10 Å². The fraction of sp³-hybridized carbons (Fsp3) is 0.750. The molecule has 18 heavy (non-hydrogen) atoms. The highest BCUT2D eigenvalue weighted by molar-refractivity contribution is 5.75. The highest BCUT2D eigenvalue weighted by Gasteiger charge is 2.18. The Balaban J connectivity index is 2.55. The van der Waals surface area contributed by atoms with Crippen LogP contribution in [0.25, 0.3) is 0 Å². The molecule has 1 N–H and O–H groups in total. The van der Waals surface area contributed by atoms with Crippen molar-refractivity contribution in [1.29, 1.82) is 0 Å². The molecule has 6 nitrogen and oxygen atoms in total. The number of aromatic nitrogens is 3. The molecule has 0 amide bonds. The van der Waals surface area contributed by atoms with E-state index in [1.807, 2.05) is 18.5 Å². The number of nitrogens with zero attached hydrogens (tertiary/aromatic N) is 3. The lowest BCUT2D eigenvalue weighted by Gasteiger charge is -2.16. The van der Waals surface area contributed by atoms with E-state index >= 15 is 0 Å². The van der Waals surface area contributed by atoms with Crippen molar-refractivity contribution >= 4 is 5.97 Å². The first-order valence-electron chi connectivity index (χ1n) is 6.27. The highest BCUT2D eigenvalue weighted by Crippen LogP contribution is 2.02. The third-order valence-corrected chi connectivity index (χ3v) is 2.72. The molecule has 0 spiro atoms. The number of carbonyl (C=O) groups excluding carboxylic acids is 1. The van der Waals surface area contributed by atoms with Gasteiger partial charge in [0, 0.05) is 6.54 Å². The number of rotatable bonds is 7. The van der Waals surface area contributed by atoms with Crippen molar-refractivity contribution in [2.45, 2.75) is 46.2 Å². The van der Waals surface area contributed by atoms with E-state index in [1.54, 1.807) is 0 Å². The van der Waals surface area contributed by atoms with E-state index in [9.17, 15) is 4.79 Å². The first-order valence-corrected chi connectivity index (χ1v) is 6.27. The van der Waals surface area contributed by atoms with Gasteiger partial charge in [0.25, 0.3) is 0 Å². The second kappa shape index (κ2) is 7.10. The lowest BCUT2D eigenvalue weighted by Crippen LogP contribution is -2.39. The van der Waals surface area contributed by atoms with Crippen LogP contribution < -0.4 is 5.32 Å². The Labute approximate surface area is 108 Å². The van der Waals surface area contributed by atoms with Gasteiger partial charge in [-0.25, -0.2) is 4.98 Å². The molecule has 0 aliphatic heterocycles. The molecule has 0 bridgehead atoms. The van der Waals surface area contributed by atoms with E-state index in [0.717, 1.165) is 24.6 Å². The van der Waals surface area contributed by atoms with Gasteiger partial charge in [0.05, 0.1) is 7.11 Å². The summed E-state index contributed by atoms with van der Waals surface area (Å²) in [5.41, 5.74) is 0. The zero-order valence-corrected chi connectivity index (χ0v) is 11.6. The van der Waals surface area contributed by atoms with Crippen LogP contribution in [0.15, 0.2) is 0 Å². The summed E-state index contributed by atoms with van der Waals surface area (Å²) in [5, 5.41) is 7.45. The number of hydrogen-bond acceptors (Lipinski definition) is 5. The highest BCUT2D eigenvalue weighted by atomic mass is 16.5. The molecule has 1 rings (SSSR count). The number of nitrogens with one attached hydrogen (secondary N) is 1. The molecular formula is C12H22N4O2. The molecule has 0 saturated heterocycles. The number of carbonyl (C=O) groups is 1. The van der Waals surface area contributed by atoms with Gasteiger partial charge in [0.15, 0.2) is 0 Å². The maximum absolute atomic E-state index is 11.6. The third kappa shape index (κ3) is 4.10. The molecule has 1 unspecified atom stereocenters. The average molecular weight is 254 g/mol. The van der Waals surface area contributed by atoms with Crippen molar-refractivity contribution in [2.75, 3.05) is 13.7 Å². The van der Waals surface area contributed by atoms with Gasteiger partial charge >= 0.3 is 5.97 Å². The van der Waals surface area contributed by atoms with Crippen LogP contribution in [0.5, 0.6) is 0 Å². The smallest absolute Gasteiger partial charge is 0.322 e. The molecule has 0 aromatic carbocycles. The molecule has 0 aliphatic rings. The van der Waals surface area contributed by atoms with Crippen LogP contribution in [0.2, 0.25) is 0 Å². The van der Waals surface area contributed by atoms with Crippen LogP contribution in [0.3, 0.4) is 0 Å². The quantitative estimate of drug-likeness (QED) is 0.730. The van der Waals surface area contributed by atoms with Crippen LogP contribution in [0.4, 0.5) is 0 Å². The van der Waals surface area contributed by atoms with E-state index in [0.29, 0.717) is 13.0 Å². The number of ether oxygens (including phenoxy) is 1. The summed E-state index contributed by atoms with van der Waals surface area (Å²) < 4.78 is 6.60. The lowest BCUT2D eigenvalue weighted by molar-refractivity contribution is -0.143. The van der Waals surface area contributed by atoms with Crippen LogP contribution in [-0.4, -0.2) is 40.4 Å². The molecular weight excluding hydrogens is 232 g/mol. The van der Waals surface area contributed by atoms with Crippen molar-refractivity contribution in [1.82, 2.24) is 20.1 Å². The minimum atomic E-state index is -0.279. The molecule has 1 heterocycles. The molecule has 0 saturated carbocycles. The van der Waals surface area contributed by atoms with Crippen LogP contribution in [0.1, 0.15) is 31.4 Å². The zero-order valence-electron chi connectivity index (χ0n) is 11.6. The minimum Gasteiger partial charge on any atom is -0.468 e. The molecule has 102 valence electrons. The molecule has 6 heteroatoms. The van der Waals surface area contributed by atoms with Gasteiger partial charge in [-0.05, 0) is 33.2 Å². The summed E-state index contributed by atoms with van der Waals surface area (Å²) in [4.78, 5) is 15.8. The SMILES string of the molecule is CCCNC(CCn1nc(C)nc1C)C(=O)OC. The summed E-state index contributed by atoms with van der Waals surface area (Å²) in [5.74, 6) is 1.40. The number of aryl methyl sites for hydroxylation is 3. The predicted octanol–water partition coefficient (Wildman–Crippen LogP) is 0.826. The Morgan fingerprint density at radius 3 is 2.72 bits per heavy atom. The molecule has 0 aliphatic carbocycles. The third-order valence-electron chi connectivity index (χ3n) is 2.72. The van der Waals surface area contributed by atoms with Crippen molar-refractivity contribution in [3.05, 3.63) is 11.6 Å². The van der Waals surface area contributed by atoms with Crippen LogP contribution in [-0.2, 0) is 16.1 Å². The Bertz CT molecular complexity index is 389. The van der Waals surface area contributed by atoms with Crippen molar-refractivity contribution in [2.24, 2.45) is 0 Å². The lowest BCUT2D eigenvalue weighted by atomic mass is 10.2. The van der Waals surface area contributed by atoms with E-state index in [4.69, 9.17) is 4.74 Å². The number of esters is 1. The van der Waals surface area contributed by atoms with E-state index in [2.05, 4.69) is 22.3 Å². The van der Waals surface area contributed by atoms with Crippen molar-refractivity contribution in [3.8, 4) is 0 Å². The molecule has 1 aromatic heterocycles. The summed E-state index contributed by atoms with van der Waals surface area (Å²) in [6.45, 7) is 7.29. The van der Waals surface area contributed by atoms with Crippen molar-refractivity contribution in [3.63, 3.8) is 0 Å². The summed E-state index contributed by atoms with van der Waals surface area (Å²) in [7, 11) is 1.41. The first-order chi connectivity index (χ1) is 8.58. The van der Waals surface area contributed by atoms with Crippen molar-refractivity contribution < 1.29 is 9.53 Å². The normalized spacial score (nSPS) is 12.4. The molecule has 1 atom stereocenters. The van der Waals surface area contributed by atoms with Gasteiger partial charge in [0.1, 0.15) is 17.7 Å². The van der Waals surface area contributed by atoms with Gasteiger partial charge < -0.3 is 10.1 Å². The van der Waals surface area contributed by atoms with Crippen LogP contribution in [0, 0.1) is 13.8 Å². The minimum absolute atomic E-state index is 0.224. The standard InChI is InChI=1S/C12H22N4O2/c1-5-7-13-11(12(17)18-4)6-8-16-10(3)14-9(2)15-16/h11,13H,5-8H2,1-4H3. The topological polar surface area (TPSA) is 69.0 Å². The second-order valence-electron chi connectivity index (χ2n) is 4.25. The van der Waals surface area contributed by atoms with Gasteiger partial charge in [-0.3, -0.25) is 9.48 Å². The summed E-state index contributed by atoms with van der Waals surface area (Å²) >= 11 is 0. The monoisotopic (exact) mass is 254 g/mol. The molecule has 1 aromatic rings. The van der Waals surface area contributed by atoms with E-state index in [-0.39, 0.29) is 12.0 Å². The van der Waals surface area contributed by atoms with Gasteiger partial charge in [0.2, 0.25) is 0 Å². The predicted molar refractivity (Wildman–Crippen MR) is 68.2 cm³/mol. The number of methoxy groups -OCH3 is 1. The average Bonchev–Trinajstić information content (AvgIpc) is 2.67. The summed E-state index contributed by atoms with van der Waals surface area (Å²) in [6.07, 6.45) is 1.63. The van der Waals surface area contributed by atoms with E-state index in [1.165, 1.54) is 7.11 Å². The fourth-order valence-corrected chi connectivity index (χ4v) is 1.79. The molecule has 0 fully saturated rings. The summed E-state index contributed by atoms with van der Waals surface area (Å²) in [6, 6.07) is -0.279. The van der Waals surface area contributed by atoms with Gasteiger partial charge in [-0.1, -0.05) is 6.92 Å². The Morgan fingerprint density at radius 1 is 1.50 bits per heavy atom. The van der Waals surface area contributed by atoms with Crippen LogP contribution >= 0.6 is 0 Å². The maximum atomic E-state index is 11.6.